The maximum absolute atomic E-state index is 3.84. The van der Waals surface area contributed by atoms with Crippen molar-refractivity contribution in [2.24, 2.45) is 0 Å². The van der Waals surface area contributed by atoms with Crippen LogP contribution in [0.5, 0.6) is 0 Å². The van der Waals surface area contributed by atoms with Crippen molar-refractivity contribution < 1.29 is 14.8 Å². The zero-order valence-electron chi connectivity index (χ0n) is 8.92. The molecule has 0 aliphatic heterocycles. The monoisotopic (exact) mass is 267 g/mol. The van der Waals surface area contributed by atoms with E-state index in [1.54, 1.807) is 4.16 Å². The third-order valence-electron chi connectivity index (χ3n) is 2.05. The van der Waals surface area contributed by atoms with Gasteiger partial charge in [-0.05, 0) is 0 Å². The van der Waals surface area contributed by atoms with Crippen molar-refractivity contribution in [3.05, 3.63) is 30.1 Å². The number of rotatable bonds is 3. The van der Waals surface area contributed by atoms with Gasteiger partial charge in [0.25, 0.3) is 0 Å². The molecule has 0 aliphatic rings. The second-order valence-corrected chi connectivity index (χ2v) is 11.9. The Bertz CT molecular complexity index is 310. The molecule has 1 nitrogen and oxygen atoms in total. The number of aryl methyl sites for hydroxylation is 2. The van der Waals surface area contributed by atoms with E-state index in [2.05, 4.69) is 48.6 Å². The summed E-state index contributed by atoms with van der Waals surface area (Å²) in [5.74, 6) is 0. The summed E-state index contributed by atoms with van der Waals surface area (Å²) in [5.41, 5.74) is 7.49. The molecule has 0 saturated heterocycles. The van der Waals surface area contributed by atoms with Crippen LogP contribution in [0.1, 0.15) is 11.4 Å². The predicted molar refractivity (Wildman–Crippen MR) is 56.6 cm³/mol. The van der Waals surface area contributed by atoms with Gasteiger partial charge in [-0.1, -0.05) is 0 Å². The van der Waals surface area contributed by atoms with Crippen molar-refractivity contribution in [3.63, 3.8) is 0 Å². The van der Waals surface area contributed by atoms with E-state index in [9.17, 15) is 0 Å². The number of H-pyrrole nitrogens is 1. The van der Waals surface area contributed by atoms with E-state index in [1.807, 2.05) is 0 Å². The Balaban J connectivity index is 3.05. The van der Waals surface area contributed by atoms with Crippen LogP contribution in [0.25, 0.3) is 0 Å². The summed E-state index contributed by atoms with van der Waals surface area (Å²) in [5, 5.41) is 1.19. The summed E-state index contributed by atoms with van der Waals surface area (Å²) in [6.45, 7) is 8.14. The van der Waals surface area contributed by atoms with Gasteiger partial charge in [0.05, 0.1) is 0 Å². The Kier molecular flexibility index (Phi) is 3.13. The third kappa shape index (κ3) is 2.31. The number of hydrogen-bond acceptors (Lipinski definition) is 0. The molecule has 0 unspecified atom stereocenters. The average molecular weight is 266 g/mol. The molecule has 0 amide bonds. The van der Waals surface area contributed by atoms with Crippen LogP contribution in [0.3, 0.4) is 0 Å². The summed E-state index contributed by atoms with van der Waals surface area (Å²) in [7, 11) is 0. The van der Waals surface area contributed by atoms with Crippen LogP contribution in [0.2, 0.25) is 16.1 Å². The Morgan fingerprint density at radius 2 is 2.08 bits per heavy atom. The number of aromatic amines is 1. The zero-order valence-corrected chi connectivity index (χ0v) is 10.7. The third-order valence-corrected chi connectivity index (χ3v) is 7.76. The molecular weight excluding hydrogens is 247 g/mol. The number of nitrogens with one attached hydrogen (secondary N) is 1. The molecule has 0 bridgehead atoms. The van der Waals surface area contributed by atoms with Crippen molar-refractivity contribution >= 4 is 4.16 Å². The minimum atomic E-state index is -1.58. The van der Waals surface area contributed by atoms with Crippen LogP contribution in [-0.2, 0) is 14.8 Å². The van der Waals surface area contributed by atoms with Crippen molar-refractivity contribution in [3.8, 4) is 0 Å². The van der Waals surface area contributed by atoms with Gasteiger partial charge < -0.3 is 0 Å². The molecule has 0 fully saturated rings. The molecule has 2 heteroatoms. The van der Waals surface area contributed by atoms with Crippen molar-refractivity contribution in [2.75, 3.05) is 0 Å². The quantitative estimate of drug-likeness (QED) is 0.639. The van der Waals surface area contributed by atoms with Gasteiger partial charge in [-0.25, -0.2) is 0 Å². The predicted octanol–water partition coefficient (Wildman–Crippen LogP) is 3.11. The first-order valence-corrected chi connectivity index (χ1v) is 9.85. The normalized spacial score (nSPS) is 12.9. The van der Waals surface area contributed by atoms with Gasteiger partial charge in [0.1, 0.15) is 0 Å². The molecule has 0 radical (unpaired) electrons. The van der Waals surface area contributed by atoms with E-state index in [-0.39, 0.29) is 0 Å². The second kappa shape index (κ2) is 3.79. The number of aromatic nitrogens is 1. The van der Waals surface area contributed by atoms with E-state index < -0.39 is 14.8 Å². The fourth-order valence-corrected chi connectivity index (χ4v) is 6.08. The molecule has 1 aromatic rings. The number of allylic oxidation sites excluding steroid dienone is 1. The molecule has 1 rings (SSSR count). The fraction of sp³-hybridized carbons (Fsp3) is 0.455. The van der Waals surface area contributed by atoms with E-state index in [0.29, 0.717) is 0 Å². The summed E-state index contributed by atoms with van der Waals surface area (Å²) >= 11 is -1.58. The van der Waals surface area contributed by atoms with E-state index >= 15 is 0 Å². The second-order valence-electron chi connectivity index (χ2n) is 3.68. The van der Waals surface area contributed by atoms with E-state index in [4.69, 9.17) is 0 Å². The average Bonchev–Trinajstić information content (AvgIpc) is 2.30. The molecule has 1 heterocycles. The van der Waals surface area contributed by atoms with Gasteiger partial charge in [0.2, 0.25) is 0 Å². The van der Waals surface area contributed by atoms with Crippen LogP contribution in [0.15, 0.2) is 18.7 Å². The Morgan fingerprint density at radius 1 is 1.46 bits per heavy atom. The summed E-state index contributed by atoms with van der Waals surface area (Å²) in [4.78, 5) is 3.38. The molecule has 0 aromatic carbocycles. The van der Waals surface area contributed by atoms with Crippen LogP contribution < -0.4 is 4.16 Å². The zero-order chi connectivity index (χ0) is 10.1. The molecule has 1 N–H and O–H groups in total. The van der Waals surface area contributed by atoms with E-state index in [1.165, 1.54) is 16.4 Å². The first-order chi connectivity index (χ1) is 5.97. The molecule has 0 atom stereocenters. The topological polar surface area (TPSA) is 15.8 Å². The molecule has 0 spiro atoms. The number of hydrogen-bond donors (Lipinski definition) is 1. The van der Waals surface area contributed by atoms with Gasteiger partial charge in [-0.15, -0.1) is 0 Å². The van der Waals surface area contributed by atoms with Crippen LogP contribution in [0, 0.1) is 13.8 Å². The van der Waals surface area contributed by atoms with Crippen molar-refractivity contribution in [1.29, 1.82) is 0 Å². The molecule has 0 aliphatic carbocycles. The van der Waals surface area contributed by atoms with Crippen LogP contribution in [0.4, 0.5) is 0 Å². The van der Waals surface area contributed by atoms with Gasteiger partial charge in [0, 0.05) is 0 Å². The first kappa shape index (κ1) is 10.7. The van der Waals surface area contributed by atoms with Gasteiger partial charge in [-0.2, -0.15) is 0 Å². The summed E-state index contributed by atoms with van der Waals surface area (Å²) in [6.07, 6.45) is 2.06. The Labute approximate surface area is 84.1 Å². The Morgan fingerprint density at radius 3 is 2.46 bits per heavy atom. The summed E-state index contributed by atoms with van der Waals surface area (Å²) in [6, 6.07) is 2.31. The minimum absolute atomic E-state index is 1.19. The van der Waals surface area contributed by atoms with Crippen molar-refractivity contribution in [2.45, 2.75) is 29.9 Å². The molecule has 1 aromatic heterocycles. The molecule has 13 heavy (non-hydrogen) atoms. The Hall–Kier alpha value is -0.357. The molecule has 76 valence electrons. The van der Waals surface area contributed by atoms with Gasteiger partial charge in [-0.3, -0.25) is 0 Å². The standard InChI is InChI=1S/C6H8N.C3H5.2CH3.Ru/c1-5-3-4-6(2)7-5;1-3-2;;;/h3,7H,1-2H3;3H,1-2H2;2*1H3;. The molecular formula is C11H19NRu. The molecule has 0 saturated carbocycles. The van der Waals surface area contributed by atoms with Gasteiger partial charge >= 0.3 is 83.9 Å². The van der Waals surface area contributed by atoms with Crippen LogP contribution >= 0.6 is 0 Å². The van der Waals surface area contributed by atoms with Crippen LogP contribution in [-0.4, -0.2) is 4.98 Å². The summed E-state index contributed by atoms with van der Waals surface area (Å²) < 4.78 is 1.58. The van der Waals surface area contributed by atoms with Crippen molar-refractivity contribution in [1.82, 2.24) is 4.98 Å². The van der Waals surface area contributed by atoms with Gasteiger partial charge in [0.15, 0.2) is 0 Å². The SMILES string of the molecule is C=C[CH2][Ru]([CH3])([CH3])[c]1cc(C)[nH]c1C. The fourth-order valence-electron chi connectivity index (χ4n) is 1.51. The van der Waals surface area contributed by atoms with E-state index in [0.717, 1.165) is 0 Å². The maximum atomic E-state index is 3.84. The first-order valence-electron chi connectivity index (χ1n) is 4.28.